The Balaban J connectivity index is 1.90. The summed E-state index contributed by atoms with van der Waals surface area (Å²) < 4.78 is 15.6. The van der Waals surface area contributed by atoms with Gasteiger partial charge in [-0.1, -0.05) is 32.0 Å². The van der Waals surface area contributed by atoms with E-state index >= 15 is 0 Å². The Kier molecular flexibility index (Phi) is 4.23. The normalized spacial score (nSPS) is 26.6. The van der Waals surface area contributed by atoms with Gasteiger partial charge in [-0.25, -0.2) is 14.1 Å². The zero-order valence-corrected chi connectivity index (χ0v) is 14.3. The SMILES string of the molecule is CC1(C)CCC(Cc2ccccc2F)C1(O)Cn1ncnc1S. The first-order valence-corrected chi connectivity index (χ1v) is 8.31. The minimum absolute atomic E-state index is 0.0358. The molecule has 0 aliphatic heterocycles. The Morgan fingerprint density at radius 3 is 2.78 bits per heavy atom. The number of halogens is 1. The van der Waals surface area contributed by atoms with Gasteiger partial charge in [-0.15, -0.1) is 12.6 Å². The van der Waals surface area contributed by atoms with Gasteiger partial charge in [0.25, 0.3) is 0 Å². The van der Waals surface area contributed by atoms with E-state index in [2.05, 4.69) is 36.6 Å². The molecule has 2 atom stereocenters. The second-order valence-corrected chi connectivity index (χ2v) is 7.46. The van der Waals surface area contributed by atoms with E-state index in [0.717, 1.165) is 12.8 Å². The lowest BCUT2D eigenvalue weighted by atomic mass is 9.72. The van der Waals surface area contributed by atoms with E-state index in [0.29, 0.717) is 23.7 Å². The molecule has 2 aromatic rings. The first-order chi connectivity index (χ1) is 10.8. The fourth-order valence-electron chi connectivity index (χ4n) is 3.68. The Hall–Kier alpha value is -1.40. The predicted molar refractivity (Wildman–Crippen MR) is 88.8 cm³/mol. The highest BCUT2D eigenvalue weighted by Gasteiger charge is 2.54. The maximum atomic E-state index is 14.0. The molecule has 2 unspecified atom stereocenters. The van der Waals surface area contributed by atoms with Gasteiger partial charge in [0.15, 0.2) is 5.16 Å². The first kappa shape index (κ1) is 16.5. The van der Waals surface area contributed by atoms with Gasteiger partial charge in [0.05, 0.1) is 12.1 Å². The minimum atomic E-state index is -0.986. The maximum absolute atomic E-state index is 14.0. The zero-order chi connectivity index (χ0) is 16.7. The van der Waals surface area contributed by atoms with Crippen molar-refractivity contribution >= 4 is 12.6 Å². The van der Waals surface area contributed by atoms with E-state index in [-0.39, 0.29) is 17.2 Å². The van der Waals surface area contributed by atoms with Gasteiger partial charge >= 0.3 is 0 Å². The van der Waals surface area contributed by atoms with Gasteiger partial charge in [0.2, 0.25) is 0 Å². The van der Waals surface area contributed by atoms with Crippen LogP contribution in [0.1, 0.15) is 32.3 Å². The van der Waals surface area contributed by atoms with E-state index in [9.17, 15) is 9.50 Å². The number of aromatic nitrogens is 3. The third kappa shape index (κ3) is 2.90. The largest absolute Gasteiger partial charge is 0.387 e. The summed E-state index contributed by atoms with van der Waals surface area (Å²) in [5, 5.41) is 16.1. The second kappa shape index (κ2) is 5.91. The smallest absolute Gasteiger partial charge is 0.183 e. The van der Waals surface area contributed by atoms with Gasteiger partial charge in [0, 0.05) is 0 Å². The van der Waals surface area contributed by atoms with Crippen molar-refractivity contribution in [3.8, 4) is 0 Å². The van der Waals surface area contributed by atoms with Crippen LogP contribution in [0.25, 0.3) is 0 Å². The van der Waals surface area contributed by atoms with Crippen molar-refractivity contribution in [3.05, 3.63) is 42.0 Å². The van der Waals surface area contributed by atoms with Gasteiger partial charge in [-0.05, 0) is 42.2 Å². The van der Waals surface area contributed by atoms with Gasteiger partial charge in [-0.3, -0.25) is 0 Å². The number of thiol groups is 1. The van der Waals surface area contributed by atoms with Crippen LogP contribution in [0.3, 0.4) is 0 Å². The monoisotopic (exact) mass is 335 g/mol. The van der Waals surface area contributed by atoms with Gasteiger partial charge in [-0.2, -0.15) is 5.10 Å². The Bertz CT molecular complexity index is 703. The van der Waals surface area contributed by atoms with Crippen LogP contribution < -0.4 is 0 Å². The molecule has 1 heterocycles. The van der Waals surface area contributed by atoms with Crippen LogP contribution in [-0.4, -0.2) is 25.5 Å². The van der Waals surface area contributed by atoms with Crippen molar-refractivity contribution in [1.29, 1.82) is 0 Å². The predicted octanol–water partition coefficient (Wildman–Crippen LogP) is 3.12. The summed E-state index contributed by atoms with van der Waals surface area (Å²) in [5.41, 5.74) is -0.617. The average molecular weight is 335 g/mol. The summed E-state index contributed by atoms with van der Waals surface area (Å²) in [6.07, 6.45) is 3.69. The molecule has 6 heteroatoms. The Morgan fingerprint density at radius 1 is 1.39 bits per heavy atom. The highest BCUT2D eigenvalue weighted by atomic mass is 32.1. The van der Waals surface area contributed by atoms with E-state index in [1.165, 1.54) is 12.4 Å². The summed E-state index contributed by atoms with van der Waals surface area (Å²) in [5.74, 6) is -0.249. The Morgan fingerprint density at radius 2 is 2.13 bits per heavy atom. The Labute approximate surface area is 141 Å². The lowest BCUT2D eigenvalue weighted by Gasteiger charge is -2.41. The molecule has 1 aliphatic carbocycles. The summed E-state index contributed by atoms with van der Waals surface area (Å²) in [7, 11) is 0. The highest BCUT2D eigenvalue weighted by molar-refractivity contribution is 7.80. The lowest BCUT2D eigenvalue weighted by Crippen LogP contribution is -2.49. The van der Waals surface area contributed by atoms with Gasteiger partial charge in [0.1, 0.15) is 12.1 Å². The molecule has 1 fully saturated rings. The summed E-state index contributed by atoms with van der Waals surface area (Å²) >= 11 is 4.28. The number of aliphatic hydroxyl groups is 1. The van der Waals surface area contributed by atoms with Gasteiger partial charge < -0.3 is 5.11 Å². The molecule has 1 N–H and O–H groups in total. The van der Waals surface area contributed by atoms with E-state index in [1.54, 1.807) is 16.8 Å². The van der Waals surface area contributed by atoms with Crippen molar-refractivity contribution in [1.82, 2.24) is 14.8 Å². The molecular formula is C17H22FN3OS. The molecule has 1 aromatic heterocycles. The second-order valence-electron chi connectivity index (χ2n) is 7.06. The summed E-state index contributed by atoms with van der Waals surface area (Å²) in [6, 6.07) is 6.78. The standard InChI is InChI=1S/C17H22FN3OS/c1-16(2)8-7-13(9-12-5-3-4-6-14(12)18)17(16,22)10-21-15(23)19-11-20-21/h3-6,11,13,22H,7-10H2,1-2H3,(H,19,20,23). The van der Waals surface area contributed by atoms with Crippen LogP contribution >= 0.6 is 12.6 Å². The molecule has 0 radical (unpaired) electrons. The molecule has 23 heavy (non-hydrogen) atoms. The quantitative estimate of drug-likeness (QED) is 0.844. The minimum Gasteiger partial charge on any atom is -0.387 e. The van der Waals surface area contributed by atoms with Crippen molar-refractivity contribution < 1.29 is 9.50 Å². The van der Waals surface area contributed by atoms with Crippen LogP contribution in [0.2, 0.25) is 0 Å². The summed E-state index contributed by atoms with van der Waals surface area (Å²) in [6.45, 7) is 4.44. The first-order valence-electron chi connectivity index (χ1n) is 7.86. The number of hydrogen-bond donors (Lipinski definition) is 2. The third-order valence-corrected chi connectivity index (χ3v) is 5.72. The van der Waals surface area contributed by atoms with Crippen LogP contribution in [0.15, 0.2) is 35.7 Å². The summed E-state index contributed by atoms with van der Waals surface area (Å²) in [4.78, 5) is 4.01. The fourth-order valence-corrected chi connectivity index (χ4v) is 3.86. The molecule has 0 bridgehead atoms. The van der Waals surface area contributed by atoms with E-state index < -0.39 is 5.60 Å². The number of nitrogens with zero attached hydrogens (tertiary/aromatic N) is 3. The van der Waals surface area contributed by atoms with Crippen LogP contribution in [-0.2, 0) is 13.0 Å². The zero-order valence-electron chi connectivity index (χ0n) is 13.4. The number of rotatable bonds is 4. The molecule has 1 aliphatic rings. The molecule has 1 saturated carbocycles. The van der Waals surface area contributed by atoms with Crippen molar-refractivity contribution in [2.24, 2.45) is 11.3 Å². The highest BCUT2D eigenvalue weighted by Crippen LogP contribution is 2.51. The average Bonchev–Trinajstić information content (AvgIpc) is 2.98. The van der Waals surface area contributed by atoms with Crippen molar-refractivity contribution in [2.45, 2.75) is 50.4 Å². The molecule has 3 rings (SSSR count). The molecular weight excluding hydrogens is 313 g/mol. The lowest BCUT2D eigenvalue weighted by molar-refractivity contribution is -0.0924. The van der Waals surface area contributed by atoms with Crippen molar-refractivity contribution in [3.63, 3.8) is 0 Å². The van der Waals surface area contributed by atoms with Crippen LogP contribution in [0.5, 0.6) is 0 Å². The van der Waals surface area contributed by atoms with E-state index in [4.69, 9.17) is 0 Å². The molecule has 0 amide bonds. The fraction of sp³-hybridized carbons (Fsp3) is 0.529. The van der Waals surface area contributed by atoms with Crippen LogP contribution in [0.4, 0.5) is 4.39 Å². The molecule has 1 aromatic carbocycles. The molecule has 124 valence electrons. The molecule has 0 saturated heterocycles. The molecule has 0 spiro atoms. The maximum Gasteiger partial charge on any atom is 0.183 e. The number of hydrogen-bond acceptors (Lipinski definition) is 4. The molecule has 4 nitrogen and oxygen atoms in total. The van der Waals surface area contributed by atoms with Crippen LogP contribution in [0, 0.1) is 17.2 Å². The topological polar surface area (TPSA) is 50.9 Å². The number of benzene rings is 1. The van der Waals surface area contributed by atoms with E-state index in [1.807, 2.05) is 6.07 Å². The third-order valence-electron chi connectivity index (χ3n) is 5.38. The van der Waals surface area contributed by atoms with Crippen molar-refractivity contribution in [2.75, 3.05) is 0 Å².